The molecule has 0 aromatic heterocycles. The van der Waals surface area contributed by atoms with Gasteiger partial charge in [0.15, 0.2) is 0 Å². The Morgan fingerprint density at radius 2 is 1.74 bits per heavy atom. The highest BCUT2D eigenvalue weighted by Gasteiger charge is 2.39. The summed E-state index contributed by atoms with van der Waals surface area (Å²) in [4.78, 5) is 18.5. The maximum atomic E-state index is 14.2. The van der Waals surface area contributed by atoms with Crippen LogP contribution in [0.15, 0.2) is 72.8 Å². The van der Waals surface area contributed by atoms with E-state index in [4.69, 9.17) is 14.2 Å². The zero-order valence-electron chi connectivity index (χ0n) is 23.0. The monoisotopic (exact) mass is 529 g/mol. The third-order valence-corrected chi connectivity index (χ3v) is 7.37. The Kier molecular flexibility index (Phi) is 9.01. The maximum Gasteiger partial charge on any atom is 0.247 e. The summed E-state index contributed by atoms with van der Waals surface area (Å²) in [5.41, 5.74) is 4.43. The van der Waals surface area contributed by atoms with Crippen LogP contribution in [0.2, 0.25) is 0 Å². The second-order valence-corrected chi connectivity index (χ2v) is 10.2. The number of anilines is 1. The third kappa shape index (κ3) is 6.91. The van der Waals surface area contributed by atoms with Crippen molar-refractivity contribution in [1.29, 1.82) is 0 Å². The number of amides is 1. The van der Waals surface area contributed by atoms with Crippen LogP contribution in [0.1, 0.15) is 24.8 Å². The first-order valence-electron chi connectivity index (χ1n) is 13.9. The first-order valence-corrected chi connectivity index (χ1v) is 13.9. The molecule has 3 aromatic rings. The van der Waals surface area contributed by atoms with Crippen molar-refractivity contribution in [3.8, 4) is 22.6 Å². The Balaban J connectivity index is 1.35. The predicted molar refractivity (Wildman–Crippen MR) is 154 cm³/mol. The fourth-order valence-corrected chi connectivity index (χ4v) is 5.21. The average molecular weight is 530 g/mol. The summed E-state index contributed by atoms with van der Waals surface area (Å²) >= 11 is 0. The van der Waals surface area contributed by atoms with E-state index in [9.17, 15) is 4.79 Å². The van der Waals surface area contributed by atoms with Gasteiger partial charge in [0.1, 0.15) is 17.5 Å². The minimum absolute atomic E-state index is 0.167. The Morgan fingerprint density at radius 1 is 0.949 bits per heavy atom. The van der Waals surface area contributed by atoms with Gasteiger partial charge in [0, 0.05) is 64.1 Å². The second-order valence-electron chi connectivity index (χ2n) is 10.2. The molecule has 39 heavy (non-hydrogen) atoms. The highest BCUT2D eigenvalue weighted by Crippen LogP contribution is 2.33. The van der Waals surface area contributed by atoms with Gasteiger partial charge in [0.2, 0.25) is 5.91 Å². The summed E-state index contributed by atoms with van der Waals surface area (Å²) < 4.78 is 16.7. The van der Waals surface area contributed by atoms with Crippen LogP contribution >= 0.6 is 0 Å². The van der Waals surface area contributed by atoms with Crippen LogP contribution in [0, 0.1) is 0 Å². The van der Waals surface area contributed by atoms with Gasteiger partial charge in [-0.1, -0.05) is 42.5 Å². The minimum Gasteiger partial charge on any atom is -0.497 e. The smallest absolute Gasteiger partial charge is 0.247 e. The number of hydrogen-bond acceptors (Lipinski definition) is 6. The van der Waals surface area contributed by atoms with Gasteiger partial charge in [0.05, 0.1) is 13.7 Å². The van der Waals surface area contributed by atoms with E-state index in [0.717, 1.165) is 60.7 Å². The van der Waals surface area contributed by atoms with Gasteiger partial charge < -0.3 is 29.3 Å². The van der Waals surface area contributed by atoms with Crippen molar-refractivity contribution in [2.45, 2.75) is 37.9 Å². The lowest BCUT2D eigenvalue weighted by Crippen LogP contribution is -2.59. The van der Waals surface area contributed by atoms with Crippen molar-refractivity contribution in [3.05, 3.63) is 78.4 Å². The minimum atomic E-state index is -0.263. The Labute approximate surface area is 231 Å². The molecule has 3 aromatic carbocycles. The van der Waals surface area contributed by atoms with E-state index in [-0.39, 0.29) is 18.0 Å². The van der Waals surface area contributed by atoms with Crippen LogP contribution in [-0.2, 0) is 16.1 Å². The first kappa shape index (κ1) is 27.0. The average Bonchev–Trinajstić information content (AvgIpc) is 3.84. The topological polar surface area (TPSA) is 63.3 Å². The lowest BCUT2D eigenvalue weighted by Gasteiger charge is -2.40. The van der Waals surface area contributed by atoms with E-state index in [0.29, 0.717) is 26.3 Å². The fraction of sp³-hybridized carbons (Fsp3) is 0.406. The van der Waals surface area contributed by atoms with Crippen molar-refractivity contribution in [1.82, 2.24) is 10.2 Å². The molecule has 1 atom stereocenters. The Hall–Kier alpha value is -3.55. The molecule has 1 saturated heterocycles. The van der Waals surface area contributed by atoms with Gasteiger partial charge >= 0.3 is 0 Å². The predicted octanol–water partition coefficient (Wildman–Crippen LogP) is 4.75. The van der Waals surface area contributed by atoms with Crippen molar-refractivity contribution in [2.24, 2.45) is 0 Å². The fourth-order valence-electron chi connectivity index (χ4n) is 5.21. The normalized spacial score (nSPS) is 17.1. The number of nitrogens with zero attached hydrogens (tertiary/aromatic N) is 2. The van der Waals surface area contributed by atoms with Crippen molar-refractivity contribution in [2.75, 3.05) is 52.0 Å². The zero-order valence-corrected chi connectivity index (χ0v) is 23.0. The maximum absolute atomic E-state index is 14.2. The molecule has 206 valence electrons. The quantitative estimate of drug-likeness (QED) is 0.342. The van der Waals surface area contributed by atoms with Crippen LogP contribution in [0.3, 0.4) is 0 Å². The van der Waals surface area contributed by atoms with Crippen LogP contribution in [-0.4, -0.2) is 70.0 Å². The van der Waals surface area contributed by atoms with Gasteiger partial charge in [-0.3, -0.25) is 4.79 Å². The molecule has 0 bridgehead atoms. The number of benzene rings is 3. The molecule has 2 fully saturated rings. The van der Waals surface area contributed by atoms with Crippen LogP contribution < -0.4 is 19.7 Å². The number of piperazine rings is 1. The van der Waals surface area contributed by atoms with Crippen LogP contribution in [0.4, 0.5) is 5.69 Å². The Bertz CT molecular complexity index is 1230. The van der Waals surface area contributed by atoms with Crippen molar-refractivity contribution >= 4 is 11.6 Å². The molecule has 7 heteroatoms. The summed E-state index contributed by atoms with van der Waals surface area (Å²) in [6.07, 6.45) is 2.89. The van der Waals surface area contributed by atoms with E-state index in [1.807, 2.05) is 24.3 Å². The molecule has 2 aliphatic rings. The van der Waals surface area contributed by atoms with Gasteiger partial charge in [0.25, 0.3) is 0 Å². The summed E-state index contributed by atoms with van der Waals surface area (Å²) in [6, 6.07) is 24.9. The molecule has 0 spiro atoms. The second kappa shape index (κ2) is 13.0. The van der Waals surface area contributed by atoms with Crippen LogP contribution in [0.5, 0.6) is 11.5 Å². The standard InChI is InChI=1S/C32H39N3O4/c1-37-16-7-17-39-30-19-24(18-29(21-30)38-2)23-35(27-12-13-27)32(36)31-22-33-14-15-34(31)28-11-6-10-26(20-28)25-8-4-3-5-9-25/h3-6,8-11,18-21,27,31,33H,7,12-17,22-23H2,1-2H3. The van der Waals surface area contributed by atoms with Gasteiger partial charge in [-0.05, 0) is 53.8 Å². The molecule has 0 radical (unpaired) electrons. The zero-order chi connectivity index (χ0) is 27.0. The molecule has 1 N–H and O–H groups in total. The molecule has 1 saturated carbocycles. The number of hydrogen-bond donors (Lipinski definition) is 1. The number of carbonyl (C=O) groups excluding carboxylic acids is 1. The molecule has 1 aliphatic carbocycles. The van der Waals surface area contributed by atoms with Gasteiger partial charge in [-0.15, -0.1) is 0 Å². The molecule has 1 heterocycles. The highest BCUT2D eigenvalue weighted by molar-refractivity contribution is 5.87. The summed E-state index contributed by atoms with van der Waals surface area (Å²) in [5, 5.41) is 3.46. The van der Waals surface area contributed by atoms with E-state index < -0.39 is 0 Å². The summed E-state index contributed by atoms with van der Waals surface area (Å²) in [6.45, 7) is 4.01. The molecule has 7 nitrogen and oxygen atoms in total. The number of carbonyl (C=O) groups is 1. The first-order chi connectivity index (χ1) is 19.2. The highest BCUT2D eigenvalue weighted by atomic mass is 16.5. The van der Waals surface area contributed by atoms with Crippen molar-refractivity contribution < 1.29 is 19.0 Å². The van der Waals surface area contributed by atoms with Gasteiger partial charge in [-0.2, -0.15) is 0 Å². The molecule has 5 rings (SSSR count). The number of nitrogens with one attached hydrogen (secondary N) is 1. The van der Waals surface area contributed by atoms with E-state index in [1.165, 1.54) is 5.56 Å². The molecular weight excluding hydrogens is 490 g/mol. The third-order valence-electron chi connectivity index (χ3n) is 7.37. The van der Waals surface area contributed by atoms with Crippen LogP contribution in [0.25, 0.3) is 11.1 Å². The largest absolute Gasteiger partial charge is 0.497 e. The molecule has 1 unspecified atom stereocenters. The summed E-state index contributed by atoms with van der Waals surface area (Å²) in [5.74, 6) is 1.65. The van der Waals surface area contributed by atoms with E-state index in [1.54, 1.807) is 14.2 Å². The Morgan fingerprint density at radius 3 is 2.51 bits per heavy atom. The van der Waals surface area contributed by atoms with E-state index in [2.05, 4.69) is 63.6 Å². The lowest BCUT2D eigenvalue weighted by molar-refractivity contribution is -0.134. The van der Waals surface area contributed by atoms with Gasteiger partial charge in [-0.25, -0.2) is 0 Å². The molecular formula is C32H39N3O4. The lowest BCUT2D eigenvalue weighted by atomic mass is 10.0. The molecule has 1 amide bonds. The number of ether oxygens (including phenoxy) is 3. The van der Waals surface area contributed by atoms with E-state index >= 15 is 0 Å². The van der Waals surface area contributed by atoms with Crippen molar-refractivity contribution in [3.63, 3.8) is 0 Å². The number of methoxy groups -OCH3 is 2. The molecule has 1 aliphatic heterocycles. The number of rotatable bonds is 12. The SMILES string of the molecule is COCCCOc1cc(CN(C(=O)C2CNCCN2c2cccc(-c3ccccc3)c2)C2CC2)cc(OC)c1. The summed E-state index contributed by atoms with van der Waals surface area (Å²) in [7, 11) is 3.35.